The number of phenols is 1. The highest BCUT2D eigenvalue weighted by atomic mass is 35.5. The lowest BCUT2D eigenvalue weighted by atomic mass is 10.2. The molecule has 0 aliphatic heterocycles. The van der Waals surface area contributed by atoms with E-state index in [1.165, 1.54) is 0 Å². The molecule has 0 unspecified atom stereocenters. The molecular formula is C14H12ClNO. The minimum Gasteiger partial charge on any atom is -0.506 e. The summed E-state index contributed by atoms with van der Waals surface area (Å²) < 4.78 is 0. The van der Waals surface area contributed by atoms with Crippen LogP contribution in [-0.2, 0) is 6.54 Å². The fourth-order valence-corrected chi connectivity index (χ4v) is 1.65. The van der Waals surface area contributed by atoms with Crippen LogP contribution in [0.4, 0.5) is 0 Å². The van der Waals surface area contributed by atoms with Crippen molar-refractivity contribution in [3.8, 4) is 5.75 Å². The van der Waals surface area contributed by atoms with E-state index in [1.54, 1.807) is 24.4 Å². The predicted octanol–water partition coefficient (Wildman–Crippen LogP) is 3.66. The van der Waals surface area contributed by atoms with Crippen molar-refractivity contribution in [3.05, 3.63) is 64.7 Å². The van der Waals surface area contributed by atoms with Crippen molar-refractivity contribution < 1.29 is 5.11 Å². The summed E-state index contributed by atoms with van der Waals surface area (Å²) in [5.41, 5.74) is 1.76. The van der Waals surface area contributed by atoms with Gasteiger partial charge in [-0.3, -0.25) is 4.99 Å². The average molecular weight is 246 g/mol. The Bertz CT molecular complexity index is 523. The van der Waals surface area contributed by atoms with Crippen LogP contribution in [0.3, 0.4) is 0 Å². The zero-order valence-electron chi connectivity index (χ0n) is 9.18. The van der Waals surface area contributed by atoms with Gasteiger partial charge in [-0.2, -0.15) is 0 Å². The van der Waals surface area contributed by atoms with Crippen molar-refractivity contribution in [2.75, 3.05) is 0 Å². The topological polar surface area (TPSA) is 32.6 Å². The van der Waals surface area contributed by atoms with Gasteiger partial charge in [0.2, 0.25) is 0 Å². The highest BCUT2D eigenvalue weighted by Crippen LogP contribution is 2.25. The number of benzene rings is 2. The summed E-state index contributed by atoms with van der Waals surface area (Å²) >= 11 is 5.80. The highest BCUT2D eigenvalue weighted by Gasteiger charge is 2.01. The molecule has 0 atom stereocenters. The first-order valence-corrected chi connectivity index (χ1v) is 5.66. The Kier molecular flexibility index (Phi) is 3.78. The predicted molar refractivity (Wildman–Crippen MR) is 70.9 cm³/mol. The molecule has 86 valence electrons. The van der Waals surface area contributed by atoms with Gasteiger partial charge in [-0.25, -0.2) is 0 Å². The van der Waals surface area contributed by atoms with E-state index < -0.39 is 0 Å². The molecule has 17 heavy (non-hydrogen) atoms. The number of halogens is 1. The van der Waals surface area contributed by atoms with Gasteiger partial charge in [0.25, 0.3) is 0 Å². The Labute approximate surface area is 105 Å². The second-order valence-corrected chi connectivity index (χ2v) is 4.04. The lowest BCUT2D eigenvalue weighted by Crippen LogP contribution is -1.85. The van der Waals surface area contributed by atoms with Gasteiger partial charge in [0.1, 0.15) is 5.75 Å². The molecule has 2 rings (SSSR count). The first-order valence-electron chi connectivity index (χ1n) is 5.28. The van der Waals surface area contributed by atoms with Gasteiger partial charge in [0, 0.05) is 11.8 Å². The molecule has 0 amide bonds. The summed E-state index contributed by atoms with van der Waals surface area (Å²) in [6, 6.07) is 15.1. The second-order valence-electron chi connectivity index (χ2n) is 3.63. The number of nitrogens with zero attached hydrogens (tertiary/aromatic N) is 1. The van der Waals surface area contributed by atoms with Gasteiger partial charge in [0.15, 0.2) is 0 Å². The maximum Gasteiger partial charge on any atom is 0.142 e. The van der Waals surface area contributed by atoms with E-state index in [0.29, 0.717) is 17.1 Å². The van der Waals surface area contributed by atoms with Crippen LogP contribution < -0.4 is 0 Å². The van der Waals surface area contributed by atoms with E-state index >= 15 is 0 Å². The Hall–Kier alpha value is -1.80. The van der Waals surface area contributed by atoms with E-state index in [1.807, 2.05) is 30.3 Å². The summed E-state index contributed by atoms with van der Waals surface area (Å²) in [6.07, 6.45) is 1.63. The third kappa shape index (κ3) is 3.08. The summed E-state index contributed by atoms with van der Waals surface area (Å²) in [7, 11) is 0. The second kappa shape index (κ2) is 5.51. The number of aromatic hydroxyl groups is 1. The number of para-hydroxylation sites is 1. The molecular weight excluding hydrogens is 234 g/mol. The maximum absolute atomic E-state index is 9.67. The zero-order chi connectivity index (χ0) is 12.1. The first kappa shape index (κ1) is 11.7. The highest BCUT2D eigenvalue weighted by molar-refractivity contribution is 6.32. The smallest absolute Gasteiger partial charge is 0.142 e. The van der Waals surface area contributed by atoms with Crippen LogP contribution in [0.5, 0.6) is 5.75 Å². The van der Waals surface area contributed by atoms with Gasteiger partial charge >= 0.3 is 0 Å². The molecule has 1 N–H and O–H groups in total. The molecule has 0 bridgehead atoms. The van der Waals surface area contributed by atoms with Crippen molar-refractivity contribution in [1.82, 2.24) is 0 Å². The molecule has 0 aliphatic carbocycles. The van der Waals surface area contributed by atoms with Crippen molar-refractivity contribution in [1.29, 1.82) is 0 Å². The molecule has 0 radical (unpaired) electrons. The third-order valence-corrected chi connectivity index (χ3v) is 2.67. The maximum atomic E-state index is 9.67. The molecule has 0 fully saturated rings. The third-order valence-electron chi connectivity index (χ3n) is 2.37. The monoisotopic (exact) mass is 245 g/mol. The standard InChI is InChI=1S/C14H12ClNO/c15-13-8-4-7-12(14(13)17)10-16-9-11-5-2-1-3-6-11/h1-8,10,17H,9H2. The molecule has 2 aromatic rings. The molecule has 0 aromatic heterocycles. The summed E-state index contributed by atoms with van der Waals surface area (Å²) in [5.74, 6) is 0.0750. The quantitative estimate of drug-likeness (QED) is 0.823. The van der Waals surface area contributed by atoms with E-state index in [0.717, 1.165) is 5.56 Å². The lowest BCUT2D eigenvalue weighted by Gasteiger charge is -2.00. The molecule has 0 spiro atoms. The normalized spacial score (nSPS) is 10.9. The van der Waals surface area contributed by atoms with Crippen LogP contribution in [-0.4, -0.2) is 11.3 Å². The molecule has 0 aliphatic rings. The van der Waals surface area contributed by atoms with Crippen LogP contribution in [0.1, 0.15) is 11.1 Å². The first-order chi connectivity index (χ1) is 8.27. The van der Waals surface area contributed by atoms with E-state index in [-0.39, 0.29) is 5.75 Å². The SMILES string of the molecule is Oc1c(Cl)cccc1C=NCc1ccccc1. The van der Waals surface area contributed by atoms with Crippen molar-refractivity contribution in [3.63, 3.8) is 0 Å². The fraction of sp³-hybridized carbons (Fsp3) is 0.0714. The van der Waals surface area contributed by atoms with Gasteiger partial charge in [0.05, 0.1) is 11.6 Å². The van der Waals surface area contributed by atoms with Crippen LogP contribution >= 0.6 is 11.6 Å². The number of aliphatic imine (C=N–C) groups is 1. The van der Waals surface area contributed by atoms with Crippen LogP contribution in [0, 0.1) is 0 Å². The molecule has 2 aromatic carbocycles. The Morgan fingerprint density at radius 2 is 1.82 bits per heavy atom. The molecule has 0 saturated carbocycles. The van der Waals surface area contributed by atoms with Crippen molar-refractivity contribution in [2.45, 2.75) is 6.54 Å². The van der Waals surface area contributed by atoms with Crippen LogP contribution in [0.15, 0.2) is 53.5 Å². The fourth-order valence-electron chi connectivity index (χ4n) is 1.47. The molecule has 2 nitrogen and oxygen atoms in total. The number of hydrogen-bond acceptors (Lipinski definition) is 2. The van der Waals surface area contributed by atoms with Crippen LogP contribution in [0.2, 0.25) is 5.02 Å². The van der Waals surface area contributed by atoms with Gasteiger partial charge < -0.3 is 5.11 Å². The lowest BCUT2D eigenvalue weighted by molar-refractivity contribution is 0.474. The minimum absolute atomic E-state index is 0.0750. The molecule has 0 saturated heterocycles. The Balaban J connectivity index is 2.09. The van der Waals surface area contributed by atoms with Gasteiger partial charge in [-0.15, -0.1) is 0 Å². The van der Waals surface area contributed by atoms with Crippen LogP contribution in [0.25, 0.3) is 0 Å². The largest absolute Gasteiger partial charge is 0.506 e. The zero-order valence-corrected chi connectivity index (χ0v) is 9.93. The molecule has 0 heterocycles. The average Bonchev–Trinajstić information content (AvgIpc) is 2.36. The Morgan fingerprint density at radius 3 is 2.59 bits per heavy atom. The van der Waals surface area contributed by atoms with E-state index in [2.05, 4.69) is 4.99 Å². The van der Waals surface area contributed by atoms with E-state index in [4.69, 9.17) is 11.6 Å². The van der Waals surface area contributed by atoms with Gasteiger partial charge in [-0.05, 0) is 17.7 Å². The number of hydrogen-bond donors (Lipinski definition) is 1. The summed E-state index contributed by atoms with van der Waals surface area (Å²) in [4.78, 5) is 4.27. The minimum atomic E-state index is 0.0750. The van der Waals surface area contributed by atoms with E-state index in [9.17, 15) is 5.11 Å². The number of phenolic OH excluding ortho intramolecular Hbond substituents is 1. The van der Waals surface area contributed by atoms with Crippen molar-refractivity contribution in [2.24, 2.45) is 4.99 Å². The summed E-state index contributed by atoms with van der Waals surface area (Å²) in [6.45, 7) is 0.590. The number of rotatable bonds is 3. The molecule has 3 heteroatoms. The van der Waals surface area contributed by atoms with Crippen molar-refractivity contribution >= 4 is 17.8 Å². The summed E-state index contributed by atoms with van der Waals surface area (Å²) in [5, 5.41) is 10.0. The van der Waals surface area contributed by atoms with Gasteiger partial charge in [-0.1, -0.05) is 48.0 Å². The Morgan fingerprint density at radius 1 is 1.06 bits per heavy atom.